The number of carbonyl (C=O) groups excluding carboxylic acids is 1. The molecule has 0 aromatic heterocycles. The van der Waals surface area contributed by atoms with Crippen LogP contribution in [-0.4, -0.2) is 47.6 Å². The number of carbonyl (C=O) groups is 1. The van der Waals surface area contributed by atoms with Crippen LogP contribution >= 0.6 is 0 Å². The molecule has 7 nitrogen and oxygen atoms in total. The Morgan fingerprint density at radius 1 is 1.26 bits per heavy atom. The van der Waals surface area contributed by atoms with Gasteiger partial charge < -0.3 is 21.7 Å². The normalized spacial score (nSPS) is 30.5. The maximum absolute atomic E-state index is 14.2. The van der Waals surface area contributed by atoms with Gasteiger partial charge in [0.15, 0.2) is 5.96 Å². The number of likely N-dealkylation sites (tertiary alicyclic amines) is 1. The van der Waals surface area contributed by atoms with Crippen molar-refractivity contribution in [3.05, 3.63) is 48.0 Å². The van der Waals surface area contributed by atoms with Gasteiger partial charge in [-0.1, -0.05) is 63.2 Å². The second-order valence-electron chi connectivity index (χ2n) is 11.2. The zero-order valence-corrected chi connectivity index (χ0v) is 21.2. The first kappa shape index (κ1) is 24.1. The molecule has 6 unspecified atom stereocenters. The van der Waals surface area contributed by atoms with E-state index in [1.165, 1.54) is 10.8 Å². The maximum Gasteiger partial charge on any atom is 0.242 e. The van der Waals surface area contributed by atoms with Gasteiger partial charge >= 0.3 is 0 Å². The number of hydrogen-bond acceptors (Lipinski definition) is 4. The first-order valence-electron chi connectivity index (χ1n) is 13.2. The van der Waals surface area contributed by atoms with E-state index in [-0.39, 0.29) is 30.0 Å². The summed E-state index contributed by atoms with van der Waals surface area (Å²) in [6.07, 6.45) is 2.97. The van der Waals surface area contributed by atoms with Crippen LogP contribution in [0.3, 0.4) is 0 Å². The summed E-state index contributed by atoms with van der Waals surface area (Å²) in [5.74, 6) is 1.96. The van der Waals surface area contributed by atoms with Gasteiger partial charge in [-0.3, -0.25) is 15.1 Å². The minimum Gasteiger partial charge on any atom is -0.370 e. The van der Waals surface area contributed by atoms with Crippen molar-refractivity contribution < 1.29 is 4.79 Å². The fraction of sp³-hybridized carbons (Fsp3) is 0.571. The van der Waals surface area contributed by atoms with Crippen LogP contribution in [-0.2, 0) is 11.3 Å². The summed E-state index contributed by atoms with van der Waals surface area (Å²) >= 11 is 0. The molecule has 6 atom stereocenters. The Balaban J connectivity index is 1.46. The Morgan fingerprint density at radius 2 is 2.03 bits per heavy atom. The second kappa shape index (κ2) is 9.43. The van der Waals surface area contributed by atoms with Crippen LogP contribution in [0.2, 0.25) is 0 Å². The molecule has 4 fully saturated rings. The van der Waals surface area contributed by atoms with Crippen molar-refractivity contribution in [1.29, 1.82) is 5.41 Å². The molecule has 7 heteroatoms. The molecule has 3 saturated heterocycles. The van der Waals surface area contributed by atoms with Crippen LogP contribution in [0, 0.1) is 29.1 Å². The molecule has 0 radical (unpaired) electrons. The number of nitrogens with two attached hydrogens (primary N) is 1. The molecule has 2 aromatic rings. The third-order valence-corrected chi connectivity index (χ3v) is 8.70. The zero-order chi connectivity index (χ0) is 24.7. The van der Waals surface area contributed by atoms with Crippen LogP contribution in [0.4, 0.5) is 0 Å². The molecule has 4 bridgehead atoms. The van der Waals surface area contributed by atoms with Gasteiger partial charge in [-0.25, -0.2) is 0 Å². The standard InChI is InChI=1S/C28H40N6O/c1-4-24(33-27(29)30)34-16-21-13-20-15-32-28(21,25(34)23(20)12-17(2)3)26(35)31-14-19-10-7-9-18-8-5-6-11-22(18)19/h5-11,17,20-21,23-25,32H,4,12-16H2,1-3H3,(H,31,35)(H4,29,30,33). The average molecular weight is 477 g/mol. The van der Waals surface area contributed by atoms with Gasteiger partial charge in [-0.2, -0.15) is 0 Å². The Bertz CT molecular complexity index is 1100. The number of nitrogens with one attached hydrogen (secondary N) is 4. The van der Waals surface area contributed by atoms with E-state index in [0.29, 0.717) is 24.3 Å². The molecule has 6 rings (SSSR count). The highest BCUT2D eigenvalue weighted by molar-refractivity contribution is 5.90. The summed E-state index contributed by atoms with van der Waals surface area (Å²) in [5, 5.41) is 20.5. The van der Waals surface area contributed by atoms with Crippen LogP contribution in [0.15, 0.2) is 42.5 Å². The third kappa shape index (κ3) is 4.08. The fourth-order valence-electron chi connectivity index (χ4n) is 7.39. The van der Waals surface area contributed by atoms with E-state index in [1.807, 2.05) is 0 Å². The van der Waals surface area contributed by atoms with E-state index in [4.69, 9.17) is 11.1 Å². The Hall–Kier alpha value is -2.64. The summed E-state index contributed by atoms with van der Waals surface area (Å²) in [4.78, 5) is 16.6. The predicted octanol–water partition coefficient (Wildman–Crippen LogP) is 3.00. The number of nitrogens with zero attached hydrogens (tertiary/aromatic N) is 1. The number of rotatable bonds is 8. The number of fused-ring (bicyclic) bond motifs is 2. The van der Waals surface area contributed by atoms with Gasteiger partial charge in [0.1, 0.15) is 5.54 Å². The minimum absolute atomic E-state index is 0.00807. The molecule has 2 aromatic carbocycles. The molecule has 35 heavy (non-hydrogen) atoms. The summed E-state index contributed by atoms with van der Waals surface area (Å²) in [6.45, 7) is 8.96. The number of guanidine groups is 1. The van der Waals surface area contributed by atoms with Crippen LogP contribution in [0.1, 0.15) is 45.6 Å². The Kier molecular flexibility index (Phi) is 6.49. The van der Waals surface area contributed by atoms with Crippen molar-refractivity contribution in [2.75, 3.05) is 13.1 Å². The Labute approximate surface area is 208 Å². The lowest BCUT2D eigenvalue weighted by molar-refractivity contribution is -0.139. The molecule has 6 N–H and O–H groups in total. The highest BCUT2D eigenvalue weighted by atomic mass is 16.2. The van der Waals surface area contributed by atoms with Crippen molar-refractivity contribution in [2.45, 2.75) is 64.3 Å². The summed E-state index contributed by atoms with van der Waals surface area (Å²) in [6, 6.07) is 14.7. The van der Waals surface area contributed by atoms with E-state index in [1.54, 1.807) is 0 Å². The summed E-state index contributed by atoms with van der Waals surface area (Å²) in [5.41, 5.74) is 6.30. The smallest absolute Gasteiger partial charge is 0.242 e. The second-order valence-corrected chi connectivity index (χ2v) is 11.2. The van der Waals surface area contributed by atoms with Crippen molar-refractivity contribution in [1.82, 2.24) is 20.9 Å². The van der Waals surface area contributed by atoms with E-state index in [9.17, 15) is 4.79 Å². The van der Waals surface area contributed by atoms with Crippen LogP contribution in [0.25, 0.3) is 10.8 Å². The molecule has 0 spiro atoms. The van der Waals surface area contributed by atoms with Gasteiger partial charge in [0, 0.05) is 25.0 Å². The van der Waals surface area contributed by atoms with E-state index in [0.717, 1.165) is 37.9 Å². The van der Waals surface area contributed by atoms with Gasteiger partial charge in [-0.15, -0.1) is 0 Å². The molecular formula is C28H40N6O. The molecule has 3 aliphatic heterocycles. The SMILES string of the molecule is CCC(NC(=N)N)N1CC2CC3CNC2(C(=O)NCc2cccc4ccccc24)C1C3CC(C)C. The zero-order valence-electron chi connectivity index (χ0n) is 21.2. The topological polar surface area (TPSA) is 106 Å². The summed E-state index contributed by atoms with van der Waals surface area (Å²) < 4.78 is 0. The van der Waals surface area contributed by atoms with Gasteiger partial charge in [-0.05, 0) is 59.9 Å². The van der Waals surface area contributed by atoms with Crippen LogP contribution in [0.5, 0.6) is 0 Å². The van der Waals surface area contributed by atoms with Gasteiger partial charge in [0.25, 0.3) is 0 Å². The van der Waals surface area contributed by atoms with E-state index < -0.39 is 5.54 Å². The molecular weight excluding hydrogens is 436 g/mol. The molecule has 1 amide bonds. The minimum atomic E-state index is -0.606. The summed E-state index contributed by atoms with van der Waals surface area (Å²) in [7, 11) is 0. The molecule has 3 heterocycles. The number of amides is 1. The van der Waals surface area contributed by atoms with Crippen LogP contribution < -0.4 is 21.7 Å². The Morgan fingerprint density at radius 3 is 2.77 bits per heavy atom. The van der Waals surface area contributed by atoms with E-state index >= 15 is 0 Å². The highest BCUT2D eigenvalue weighted by Gasteiger charge is 2.68. The first-order chi connectivity index (χ1) is 16.8. The molecule has 1 saturated carbocycles. The lowest BCUT2D eigenvalue weighted by atomic mass is 9.58. The van der Waals surface area contributed by atoms with Crippen molar-refractivity contribution >= 4 is 22.6 Å². The molecule has 1 aliphatic carbocycles. The van der Waals surface area contributed by atoms with Gasteiger partial charge in [0.2, 0.25) is 5.91 Å². The van der Waals surface area contributed by atoms with Gasteiger partial charge in [0.05, 0.1) is 6.17 Å². The predicted molar refractivity (Wildman–Crippen MR) is 141 cm³/mol. The van der Waals surface area contributed by atoms with Crippen molar-refractivity contribution in [2.24, 2.45) is 29.4 Å². The monoisotopic (exact) mass is 476 g/mol. The maximum atomic E-state index is 14.2. The number of piperidine rings is 2. The largest absolute Gasteiger partial charge is 0.370 e. The van der Waals surface area contributed by atoms with Crippen molar-refractivity contribution in [3.8, 4) is 0 Å². The average Bonchev–Trinajstić information content (AvgIpc) is 3.12. The third-order valence-electron chi connectivity index (χ3n) is 8.70. The molecule has 188 valence electrons. The number of hydrogen-bond donors (Lipinski definition) is 5. The molecule has 4 aliphatic rings. The van der Waals surface area contributed by atoms with E-state index in [2.05, 4.69) is 84.1 Å². The lowest BCUT2D eigenvalue weighted by Gasteiger charge is -2.57. The quantitative estimate of drug-likeness (QED) is 0.298. The van der Waals surface area contributed by atoms with Crippen molar-refractivity contribution in [3.63, 3.8) is 0 Å². The highest BCUT2D eigenvalue weighted by Crippen LogP contribution is 2.54. The fourth-order valence-corrected chi connectivity index (χ4v) is 7.39. The first-order valence-corrected chi connectivity index (χ1v) is 13.2. The lowest BCUT2D eigenvalue weighted by Crippen LogP contribution is -2.76. The number of benzene rings is 2.